The first kappa shape index (κ1) is 15.2. The van der Waals surface area contributed by atoms with Crippen LogP contribution < -0.4 is 5.46 Å². The van der Waals surface area contributed by atoms with E-state index in [9.17, 15) is 4.39 Å². The fraction of sp³-hybridized carbons (Fsp3) is 0.438. The monoisotopic (exact) mass is 303 g/mol. The number of hydrogen-bond donors (Lipinski definition) is 0. The van der Waals surface area contributed by atoms with Gasteiger partial charge in [-0.05, 0) is 46.8 Å². The van der Waals surface area contributed by atoms with Crippen molar-refractivity contribution in [1.29, 1.82) is 0 Å². The second-order valence-electron chi connectivity index (χ2n) is 6.57. The molecule has 0 atom stereocenters. The Morgan fingerprint density at radius 2 is 1.64 bits per heavy atom. The van der Waals surface area contributed by atoms with Crippen LogP contribution in [-0.4, -0.2) is 23.5 Å². The van der Waals surface area contributed by atoms with Crippen molar-refractivity contribution in [3.05, 3.63) is 35.8 Å². The normalized spacial score (nSPS) is 19.6. The van der Waals surface area contributed by atoms with Gasteiger partial charge in [0.1, 0.15) is 17.3 Å². The van der Waals surface area contributed by atoms with Crippen molar-refractivity contribution in [2.75, 3.05) is 0 Å². The van der Waals surface area contributed by atoms with Crippen LogP contribution in [0.1, 0.15) is 33.5 Å². The van der Waals surface area contributed by atoms with Gasteiger partial charge in [-0.3, -0.25) is 0 Å². The van der Waals surface area contributed by atoms with Crippen molar-refractivity contribution in [1.82, 2.24) is 5.16 Å². The summed E-state index contributed by atoms with van der Waals surface area (Å²) in [5.41, 5.74) is 0.490. The van der Waals surface area contributed by atoms with Crippen LogP contribution in [-0.2, 0) is 9.31 Å². The fourth-order valence-corrected chi connectivity index (χ4v) is 2.47. The largest absolute Gasteiger partial charge is 0.500 e. The highest BCUT2D eigenvalue weighted by Crippen LogP contribution is 2.37. The molecule has 3 rings (SSSR count). The number of aryl methyl sites for hydroxylation is 1. The zero-order chi connectivity index (χ0) is 16.1. The van der Waals surface area contributed by atoms with Gasteiger partial charge in [0.05, 0.1) is 16.7 Å². The van der Waals surface area contributed by atoms with Crippen LogP contribution in [0, 0.1) is 12.7 Å². The van der Waals surface area contributed by atoms with Crippen LogP contribution in [0.25, 0.3) is 11.3 Å². The van der Waals surface area contributed by atoms with Gasteiger partial charge in [-0.25, -0.2) is 4.39 Å². The summed E-state index contributed by atoms with van der Waals surface area (Å²) in [6.45, 7) is 9.66. The van der Waals surface area contributed by atoms with Crippen molar-refractivity contribution >= 4 is 12.6 Å². The van der Waals surface area contributed by atoms with E-state index in [2.05, 4.69) is 5.16 Å². The lowest BCUT2D eigenvalue weighted by Gasteiger charge is -2.32. The predicted octanol–water partition coefficient (Wildman–Crippen LogP) is 3.09. The minimum absolute atomic E-state index is 0.353. The molecule has 1 fully saturated rings. The Morgan fingerprint density at radius 1 is 1.05 bits per heavy atom. The molecule has 2 aromatic rings. The Hall–Kier alpha value is -1.66. The average Bonchev–Trinajstić information content (AvgIpc) is 2.88. The smallest absolute Gasteiger partial charge is 0.399 e. The molecule has 22 heavy (non-hydrogen) atoms. The molecule has 0 aliphatic carbocycles. The summed E-state index contributed by atoms with van der Waals surface area (Å²) in [7, 11) is -0.633. The number of aromatic nitrogens is 1. The molecule has 1 aromatic heterocycles. The molecular weight excluding hydrogens is 284 g/mol. The van der Waals surface area contributed by atoms with E-state index in [4.69, 9.17) is 13.8 Å². The minimum Gasteiger partial charge on any atom is -0.399 e. The third kappa shape index (κ3) is 2.27. The molecule has 0 bridgehead atoms. The Labute approximate surface area is 129 Å². The number of nitrogens with zero attached hydrogens (tertiary/aromatic N) is 1. The number of halogens is 1. The van der Waals surface area contributed by atoms with Crippen LogP contribution >= 0.6 is 0 Å². The molecular formula is C16H19BFNO3. The van der Waals surface area contributed by atoms with Gasteiger partial charge in [-0.15, -0.1) is 0 Å². The van der Waals surface area contributed by atoms with Gasteiger partial charge >= 0.3 is 7.12 Å². The second-order valence-corrected chi connectivity index (χ2v) is 6.57. The number of hydrogen-bond acceptors (Lipinski definition) is 4. The Bertz CT molecular complexity index is 695. The summed E-state index contributed by atoms with van der Waals surface area (Å²) < 4.78 is 31.5. The van der Waals surface area contributed by atoms with Crippen LogP contribution in [0.3, 0.4) is 0 Å². The standard InChI is InChI=1S/C16H19BFNO3/c1-10-13(17-21-15(2,3)16(4,5)22-17)14(19-20-10)11-8-6-7-9-12(11)18/h6-9H,1-5H3. The van der Waals surface area contributed by atoms with Crippen LogP contribution in [0.4, 0.5) is 4.39 Å². The molecule has 1 aliphatic heterocycles. The molecule has 6 heteroatoms. The van der Waals surface area contributed by atoms with Crippen molar-refractivity contribution in [2.24, 2.45) is 0 Å². The van der Waals surface area contributed by atoms with Crippen molar-refractivity contribution < 1.29 is 18.2 Å². The van der Waals surface area contributed by atoms with Crippen molar-refractivity contribution in [3.63, 3.8) is 0 Å². The first-order chi connectivity index (χ1) is 10.2. The van der Waals surface area contributed by atoms with E-state index in [1.54, 1.807) is 25.1 Å². The summed E-state index contributed by atoms with van der Waals surface area (Å²) >= 11 is 0. The summed E-state index contributed by atoms with van der Waals surface area (Å²) in [5.74, 6) is 0.213. The molecule has 0 radical (unpaired) electrons. The molecule has 4 nitrogen and oxygen atoms in total. The van der Waals surface area contributed by atoms with Gasteiger partial charge in [0.2, 0.25) is 0 Å². The van der Waals surface area contributed by atoms with Crippen molar-refractivity contribution in [3.8, 4) is 11.3 Å². The highest BCUT2D eigenvalue weighted by molar-refractivity contribution is 6.64. The summed E-state index contributed by atoms with van der Waals surface area (Å²) in [6.07, 6.45) is 0. The fourth-order valence-electron chi connectivity index (χ4n) is 2.47. The van der Waals surface area contributed by atoms with Crippen LogP contribution in [0.2, 0.25) is 0 Å². The highest BCUT2D eigenvalue weighted by Gasteiger charge is 2.53. The third-order valence-electron chi connectivity index (χ3n) is 4.53. The maximum absolute atomic E-state index is 14.1. The van der Waals surface area contributed by atoms with Gasteiger partial charge < -0.3 is 13.8 Å². The Balaban J connectivity index is 2.07. The zero-order valence-electron chi connectivity index (χ0n) is 13.4. The highest BCUT2D eigenvalue weighted by atomic mass is 19.1. The lowest BCUT2D eigenvalue weighted by atomic mass is 9.76. The molecule has 116 valence electrons. The average molecular weight is 303 g/mol. The van der Waals surface area contributed by atoms with E-state index in [1.165, 1.54) is 6.07 Å². The Kier molecular flexibility index (Phi) is 3.42. The van der Waals surface area contributed by atoms with E-state index in [1.807, 2.05) is 27.7 Å². The number of benzene rings is 1. The van der Waals surface area contributed by atoms with E-state index >= 15 is 0 Å². The minimum atomic E-state index is -0.633. The first-order valence-corrected chi connectivity index (χ1v) is 7.29. The lowest BCUT2D eigenvalue weighted by Crippen LogP contribution is -2.41. The molecule has 1 saturated heterocycles. The van der Waals surface area contributed by atoms with Gasteiger partial charge in [-0.2, -0.15) is 0 Å². The van der Waals surface area contributed by atoms with E-state index in [0.717, 1.165) is 0 Å². The van der Waals surface area contributed by atoms with Gasteiger partial charge in [0, 0.05) is 5.56 Å². The lowest BCUT2D eigenvalue weighted by molar-refractivity contribution is 0.00578. The van der Waals surface area contributed by atoms with E-state index in [0.29, 0.717) is 22.5 Å². The zero-order valence-corrected chi connectivity index (χ0v) is 13.4. The predicted molar refractivity (Wildman–Crippen MR) is 82.4 cm³/mol. The van der Waals surface area contributed by atoms with Crippen LogP contribution in [0.5, 0.6) is 0 Å². The molecule has 1 aliphatic rings. The van der Waals surface area contributed by atoms with Crippen LogP contribution in [0.15, 0.2) is 28.8 Å². The first-order valence-electron chi connectivity index (χ1n) is 7.29. The summed E-state index contributed by atoms with van der Waals surface area (Å²) in [5, 5.41) is 4.01. The quantitative estimate of drug-likeness (QED) is 0.800. The van der Waals surface area contributed by atoms with E-state index in [-0.39, 0.29) is 5.82 Å². The molecule has 0 amide bonds. The molecule has 0 N–H and O–H groups in total. The van der Waals surface area contributed by atoms with Crippen molar-refractivity contribution in [2.45, 2.75) is 45.8 Å². The number of rotatable bonds is 2. The Morgan fingerprint density at radius 3 is 2.23 bits per heavy atom. The molecule has 1 aromatic carbocycles. The van der Waals surface area contributed by atoms with Gasteiger partial charge in [0.25, 0.3) is 0 Å². The maximum atomic E-state index is 14.1. The summed E-state index contributed by atoms with van der Waals surface area (Å²) in [4.78, 5) is 0. The van der Waals surface area contributed by atoms with Gasteiger partial charge in [-0.1, -0.05) is 17.3 Å². The third-order valence-corrected chi connectivity index (χ3v) is 4.53. The second kappa shape index (κ2) is 4.93. The maximum Gasteiger partial charge on any atom is 0.500 e. The summed E-state index contributed by atoms with van der Waals surface area (Å²) in [6, 6.07) is 6.46. The van der Waals surface area contributed by atoms with E-state index < -0.39 is 18.3 Å². The molecule has 0 unspecified atom stereocenters. The van der Waals surface area contributed by atoms with Gasteiger partial charge in [0.15, 0.2) is 0 Å². The topological polar surface area (TPSA) is 44.5 Å². The molecule has 0 spiro atoms. The molecule has 0 saturated carbocycles. The molecule has 2 heterocycles. The SMILES string of the molecule is Cc1onc(-c2ccccc2F)c1B1OC(C)(C)C(C)(C)O1.